The Hall–Kier alpha value is -2.41. The van der Waals surface area contributed by atoms with Gasteiger partial charge in [0.25, 0.3) is 0 Å². The molecule has 0 saturated heterocycles. The van der Waals surface area contributed by atoms with E-state index in [1.54, 1.807) is 13.8 Å². The molecule has 124 valence electrons. The van der Waals surface area contributed by atoms with E-state index in [-0.39, 0.29) is 33.8 Å². The second kappa shape index (κ2) is 8.28. The fraction of sp³-hybridized carbons (Fsp3) is 0.333. The minimum absolute atomic E-state index is 0.126. The summed E-state index contributed by atoms with van der Waals surface area (Å²) in [5.41, 5.74) is 0.0441. The van der Waals surface area contributed by atoms with Crippen LogP contribution in [0, 0.1) is 0 Å². The first-order valence-corrected chi connectivity index (χ1v) is 7.04. The van der Waals surface area contributed by atoms with E-state index in [9.17, 15) is 14.7 Å². The summed E-state index contributed by atoms with van der Waals surface area (Å²) in [5, 5.41) is 17.1. The van der Waals surface area contributed by atoms with Crippen molar-refractivity contribution in [3.05, 3.63) is 40.2 Å². The molecule has 1 aromatic carbocycles. The third-order valence-electron chi connectivity index (χ3n) is 2.50. The average molecular weight is 341 g/mol. The Kier molecular flexibility index (Phi) is 6.71. The van der Waals surface area contributed by atoms with Gasteiger partial charge in [0.15, 0.2) is 0 Å². The fourth-order valence-corrected chi connectivity index (χ4v) is 1.67. The van der Waals surface area contributed by atoms with Crippen molar-refractivity contribution in [3.8, 4) is 0 Å². The molecule has 0 atom stereocenters. The van der Waals surface area contributed by atoms with Crippen molar-refractivity contribution in [2.24, 2.45) is 10.2 Å². The van der Waals surface area contributed by atoms with E-state index >= 15 is 0 Å². The lowest BCUT2D eigenvalue weighted by atomic mass is 10.2. The van der Waals surface area contributed by atoms with Gasteiger partial charge in [-0.15, -0.1) is 5.11 Å². The Bertz CT molecular complexity index is 664. The van der Waals surface area contributed by atoms with Crippen molar-refractivity contribution in [3.63, 3.8) is 0 Å². The van der Waals surface area contributed by atoms with Crippen molar-refractivity contribution in [2.75, 3.05) is 7.11 Å². The maximum Gasteiger partial charge on any atom is 0.362 e. The van der Waals surface area contributed by atoms with Gasteiger partial charge in [-0.2, -0.15) is 5.11 Å². The molecule has 0 bridgehead atoms. The molecule has 0 aliphatic carbocycles. The normalized spacial score (nSPS) is 12.3. The van der Waals surface area contributed by atoms with Crippen LogP contribution in [0.2, 0.25) is 5.02 Å². The van der Waals surface area contributed by atoms with Crippen LogP contribution < -0.4 is 0 Å². The maximum atomic E-state index is 11.9. The lowest BCUT2D eigenvalue weighted by Gasteiger charge is -2.09. The zero-order valence-electron chi connectivity index (χ0n) is 13.2. The molecule has 0 heterocycles. The second-order valence-electron chi connectivity index (χ2n) is 4.74. The second-order valence-corrected chi connectivity index (χ2v) is 5.15. The number of azo groups is 1. The SMILES string of the molecule is COC(=O)/C(N=Nc1ccc(Cl)c(C(=O)OC(C)C)c1)=C(\C)O. The molecule has 0 aromatic heterocycles. The molecule has 0 fully saturated rings. The van der Waals surface area contributed by atoms with Gasteiger partial charge in [0.2, 0.25) is 5.70 Å². The molecule has 0 aliphatic rings. The third-order valence-corrected chi connectivity index (χ3v) is 2.83. The van der Waals surface area contributed by atoms with Crippen LogP contribution in [0.4, 0.5) is 5.69 Å². The molecule has 1 aromatic rings. The van der Waals surface area contributed by atoms with Gasteiger partial charge in [-0.3, -0.25) is 0 Å². The van der Waals surface area contributed by atoms with Gasteiger partial charge in [0, 0.05) is 0 Å². The van der Waals surface area contributed by atoms with Gasteiger partial charge in [-0.25, -0.2) is 9.59 Å². The molecular weight excluding hydrogens is 324 g/mol. The molecule has 0 radical (unpaired) electrons. The largest absolute Gasteiger partial charge is 0.510 e. The van der Waals surface area contributed by atoms with E-state index in [4.69, 9.17) is 16.3 Å². The lowest BCUT2D eigenvalue weighted by molar-refractivity contribution is -0.136. The molecule has 0 aliphatic heterocycles. The number of hydrogen-bond donors (Lipinski definition) is 1. The predicted molar refractivity (Wildman–Crippen MR) is 83.9 cm³/mol. The number of hydrogen-bond acceptors (Lipinski definition) is 7. The Morgan fingerprint density at radius 1 is 1.30 bits per heavy atom. The van der Waals surface area contributed by atoms with E-state index in [2.05, 4.69) is 15.0 Å². The smallest absolute Gasteiger partial charge is 0.362 e. The molecule has 0 unspecified atom stereocenters. The van der Waals surface area contributed by atoms with Crippen LogP contribution in [0.5, 0.6) is 0 Å². The first-order chi connectivity index (χ1) is 10.8. The van der Waals surface area contributed by atoms with Gasteiger partial charge < -0.3 is 14.6 Å². The number of ether oxygens (including phenoxy) is 2. The van der Waals surface area contributed by atoms with Crippen molar-refractivity contribution in [1.29, 1.82) is 0 Å². The molecule has 0 saturated carbocycles. The molecule has 1 N–H and O–H groups in total. The Morgan fingerprint density at radius 3 is 2.48 bits per heavy atom. The molecular formula is C15H17ClN2O5. The summed E-state index contributed by atoms with van der Waals surface area (Å²) in [5.74, 6) is -1.76. The van der Waals surface area contributed by atoms with Gasteiger partial charge in [-0.1, -0.05) is 11.6 Å². The standard InChI is InChI=1S/C15H17ClN2O5/c1-8(2)23-14(20)11-7-10(5-6-12(11)16)17-18-13(9(3)19)15(21)22-4/h5-8,19H,1-4H3/b13-9-,18-17?. The van der Waals surface area contributed by atoms with Gasteiger partial charge in [0.1, 0.15) is 5.76 Å². The van der Waals surface area contributed by atoms with Crippen LogP contribution >= 0.6 is 11.6 Å². The predicted octanol–water partition coefficient (Wildman–Crippen LogP) is 3.95. The summed E-state index contributed by atoms with van der Waals surface area (Å²) < 4.78 is 9.55. The Labute approximate surface area is 138 Å². The quantitative estimate of drug-likeness (QED) is 0.379. The zero-order chi connectivity index (χ0) is 17.6. The van der Waals surface area contributed by atoms with Crippen LogP contribution in [0.15, 0.2) is 39.9 Å². The Balaban J connectivity index is 3.11. The van der Waals surface area contributed by atoms with Crippen molar-refractivity contribution in [1.82, 2.24) is 0 Å². The molecule has 7 nitrogen and oxygen atoms in total. The number of carbonyl (C=O) groups is 2. The van der Waals surface area contributed by atoms with Gasteiger partial charge in [-0.05, 0) is 39.0 Å². The topological polar surface area (TPSA) is 97.6 Å². The highest BCUT2D eigenvalue weighted by molar-refractivity contribution is 6.33. The zero-order valence-corrected chi connectivity index (χ0v) is 13.9. The van der Waals surface area contributed by atoms with E-state index in [1.807, 2.05) is 0 Å². The number of rotatable bonds is 5. The Morgan fingerprint density at radius 2 is 1.96 bits per heavy atom. The van der Waals surface area contributed by atoms with Crippen molar-refractivity contribution >= 4 is 29.2 Å². The maximum absolute atomic E-state index is 11.9. The molecule has 8 heteroatoms. The number of aliphatic hydroxyl groups excluding tert-OH is 1. The summed E-state index contributed by atoms with van der Waals surface area (Å²) >= 11 is 5.96. The van der Waals surface area contributed by atoms with Gasteiger partial charge >= 0.3 is 11.9 Å². The highest BCUT2D eigenvalue weighted by Crippen LogP contribution is 2.24. The number of halogens is 1. The van der Waals surface area contributed by atoms with E-state index in [0.29, 0.717) is 0 Å². The minimum Gasteiger partial charge on any atom is -0.510 e. The highest BCUT2D eigenvalue weighted by Gasteiger charge is 2.15. The minimum atomic E-state index is -0.831. The first-order valence-electron chi connectivity index (χ1n) is 6.66. The monoisotopic (exact) mass is 340 g/mol. The van der Waals surface area contributed by atoms with Crippen molar-refractivity contribution < 1.29 is 24.2 Å². The van der Waals surface area contributed by atoms with Crippen LogP contribution in [0.25, 0.3) is 0 Å². The molecule has 0 amide bonds. The number of methoxy groups -OCH3 is 1. The van der Waals surface area contributed by atoms with E-state index in [0.717, 1.165) is 7.11 Å². The third kappa shape index (κ3) is 5.37. The van der Waals surface area contributed by atoms with Gasteiger partial charge in [0.05, 0.1) is 29.5 Å². The highest BCUT2D eigenvalue weighted by atomic mass is 35.5. The lowest BCUT2D eigenvalue weighted by Crippen LogP contribution is -2.11. The number of nitrogens with zero attached hydrogens (tertiary/aromatic N) is 2. The van der Waals surface area contributed by atoms with Crippen LogP contribution in [0.3, 0.4) is 0 Å². The van der Waals surface area contributed by atoms with E-state index < -0.39 is 11.9 Å². The summed E-state index contributed by atoms with van der Waals surface area (Å²) in [6.45, 7) is 4.71. The summed E-state index contributed by atoms with van der Waals surface area (Å²) in [6, 6.07) is 4.33. The van der Waals surface area contributed by atoms with Crippen LogP contribution in [-0.4, -0.2) is 30.3 Å². The summed E-state index contributed by atoms with van der Waals surface area (Å²) in [7, 11) is 1.16. The fourth-order valence-electron chi connectivity index (χ4n) is 1.47. The summed E-state index contributed by atoms with van der Waals surface area (Å²) in [4.78, 5) is 23.4. The number of aliphatic hydroxyl groups is 1. The first kappa shape index (κ1) is 18.6. The van der Waals surface area contributed by atoms with Crippen LogP contribution in [0.1, 0.15) is 31.1 Å². The number of carbonyl (C=O) groups excluding carboxylic acids is 2. The van der Waals surface area contributed by atoms with E-state index in [1.165, 1.54) is 25.1 Å². The molecule has 0 spiro atoms. The number of benzene rings is 1. The van der Waals surface area contributed by atoms with Crippen LogP contribution in [-0.2, 0) is 14.3 Å². The number of allylic oxidation sites excluding steroid dienone is 1. The molecule has 23 heavy (non-hydrogen) atoms. The number of esters is 2. The summed E-state index contributed by atoms with van der Waals surface area (Å²) in [6.07, 6.45) is -0.297. The molecule has 1 rings (SSSR count). The average Bonchev–Trinajstić information content (AvgIpc) is 2.47. The van der Waals surface area contributed by atoms with Crippen molar-refractivity contribution in [2.45, 2.75) is 26.9 Å².